The van der Waals surface area contributed by atoms with E-state index in [0.717, 1.165) is 5.56 Å². The molecule has 2 aromatic rings. The summed E-state index contributed by atoms with van der Waals surface area (Å²) in [6, 6.07) is 12.8. The summed E-state index contributed by atoms with van der Waals surface area (Å²) >= 11 is 18.0. The minimum Gasteiger partial charge on any atom is -0.387 e. The molecule has 0 amide bonds. The molecule has 2 nitrogen and oxygen atoms in total. The van der Waals surface area contributed by atoms with Crippen LogP contribution in [0.1, 0.15) is 30.2 Å². The topological polar surface area (TPSA) is 32.3 Å². The van der Waals surface area contributed by atoms with Gasteiger partial charge in [0.2, 0.25) is 0 Å². The summed E-state index contributed by atoms with van der Waals surface area (Å²) in [5.41, 5.74) is 1.68. The van der Waals surface area contributed by atoms with Crippen LogP contribution in [0.5, 0.6) is 0 Å². The van der Waals surface area contributed by atoms with Crippen molar-refractivity contribution in [1.29, 1.82) is 0 Å². The first-order valence-electron chi connectivity index (χ1n) is 6.59. The fraction of sp³-hybridized carbons (Fsp3) is 0.250. The predicted molar refractivity (Wildman–Crippen MR) is 89.3 cm³/mol. The van der Waals surface area contributed by atoms with E-state index in [1.807, 2.05) is 31.2 Å². The van der Waals surface area contributed by atoms with Gasteiger partial charge in [0.15, 0.2) is 0 Å². The molecule has 2 N–H and O–H groups in total. The second kappa shape index (κ2) is 7.48. The lowest BCUT2D eigenvalue weighted by Gasteiger charge is -2.19. The summed E-state index contributed by atoms with van der Waals surface area (Å²) in [4.78, 5) is 0. The number of hydrogen-bond acceptors (Lipinski definition) is 2. The number of aliphatic hydroxyl groups is 1. The van der Waals surface area contributed by atoms with Crippen LogP contribution >= 0.6 is 34.8 Å². The molecule has 0 aliphatic rings. The Labute approximate surface area is 139 Å². The molecule has 0 fully saturated rings. The molecule has 0 heterocycles. The van der Waals surface area contributed by atoms with Crippen LogP contribution in [0.4, 0.5) is 0 Å². The Bertz CT molecular complexity index is 618. The van der Waals surface area contributed by atoms with Crippen molar-refractivity contribution in [2.75, 3.05) is 6.54 Å². The van der Waals surface area contributed by atoms with E-state index in [4.69, 9.17) is 34.8 Å². The number of hydrogen-bond donors (Lipinski definition) is 2. The van der Waals surface area contributed by atoms with Crippen molar-refractivity contribution in [2.45, 2.75) is 19.1 Å². The molecule has 21 heavy (non-hydrogen) atoms. The molecular weight excluding hydrogens is 329 g/mol. The third kappa shape index (κ3) is 4.60. The SMILES string of the molecule is CC(NCC(O)c1cc(Cl)ccc1Cl)c1cccc(Cl)c1. The molecule has 0 saturated heterocycles. The molecule has 0 saturated carbocycles. The molecule has 0 bridgehead atoms. The smallest absolute Gasteiger partial charge is 0.0929 e. The van der Waals surface area contributed by atoms with Crippen molar-refractivity contribution in [1.82, 2.24) is 5.32 Å². The minimum absolute atomic E-state index is 0.0660. The van der Waals surface area contributed by atoms with Gasteiger partial charge in [0.05, 0.1) is 6.10 Å². The van der Waals surface area contributed by atoms with E-state index >= 15 is 0 Å². The molecule has 5 heteroatoms. The maximum absolute atomic E-state index is 10.2. The van der Waals surface area contributed by atoms with E-state index < -0.39 is 6.10 Å². The molecule has 0 radical (unpaired) electrons. The van der Waals surface area contributed by atoms with Gasteiger partial charge in [-0.25, -0.2) is 0 Å². The fourth-order valence-corrected chi connectivity index (χ4v) is 2.68. The quantitative estimate of drug-likeness (QED) is 0.797. The van der Waals surface area contributed by atoms with Gasteiger partial charge in [0.1, 0.15) is 0 Å². The first-order chi connectivity index (χ1) is 9.97. The number of benzene rings is 2. The van der Waals surface area contributed by atoms with Gasteiger partial charge in [-0.3, -0.25) is 0 Å². The Morgan fingerprint density at radius 3 is 2.48 bits per heavy atom. The van der Waals surface area contributed by atoms with Crippen molar-refractivity contribution in [3.8, 4) is 0 Å². The van der Waals surface area contributed by atoms with Crippen molar-refractivity contribution < 1.29 is 5.11 Å². The molecule has 112 valence electrons. The third-order valence-corrected chi connectivity index (χ3v) is 4.10. The first kappa shape index (κ1) is 16.6. The largest absolute Gasteiger partial charge is 0.387 e. The lowest BCUT2D eigenvalue weighted by molar-refractivity contribution is 0.171. The van der Waals surface area contributed by atoms with E-state index in [9.17, 15) is 5.11 Å². The molecule has 0 aliphatic carbocycles. The van der Waals surface area contributed by atoms with Crippen LogP contribution in [0.2, 0.25) is 15.1 Å². The number of halogens is 3. The highest BCUT2D eigenvalue weighted by Crippen LogP contribution is 2.26. The van der Waals surface area contributed by atoms with Crippen LogP contribution in [0.15, 0.2) is 42.5 Å². The monoisotopic (exact) mass is 343 g/mol. The van der Waals surface area contributed by atoms with Gasteiger partial charge in [-0.2, -0.15) is 0 Å². The standard InChI is InChI=1S/C16H16Cl3NO/c1-10(11-3-2-4-12(17)7-11)20-9-16(21)14-8-13(18)5-6-15(14)19/h2-8,10,16,20-21H,9H2,1H3. The normalized spacial score (nSPS) is 14.0. The van der Waals surface area contributed by atoms with E-state index in [1.54, 1.807) is 18.2 Å². The van der Waals surface area contributed by atoms with Gasteiger partial charge in [-0.1, -0.05) is 46.9 Å². The fourth-order valence-electron chi connectivity index (χ4n) is 2.06. The summed E-state index contributed by atoms with van der Waals surface area (Å²) in [6.45, 7) is 2.38. The molecule has 2 atom stereocenters. The van der Waals surface area contributed by atoms with Crippen LogP contribution in [0.25, 0.3) is 0 Å². The molecular formula is C16H16Cl3NO. The van der Waals surface area contributed by atoms with Crippen LogP contribution in [0.3, 0.4) is 0 Å². The van der Waals surface area contributed by atoms with Crippen LogP contribution in [-0.2, 0) is 0 Å². The second-order valence-corrected chi connectivity index (χ2v) is 6.15. The summed E-state index contributed by atoms with van der Waals surface area (Å²) in [5.74, 6) is 0. The third-order valence-electron chi connectivity index (χ3n) is 3.28. The van der Waals surface area contributed by atoms with Crippen LogP contribution < -0.4 is 5.32 Å². The van der Waals surface area contributed by atoms with Gasteiger partial charge >= 0.3 is 0 Å². The zero-order valence-corrected chi connectivity index (χ0v) is 13.8. The highest BCUT2D eigenvalue weighted by atomic mass is 35.5. The van der Waals surface area contributed by atoms with Crippen LogP contribution in [0, 0.1) is 0 Å². The predicted octanol–water partition coefficient (Wildman–Crippen LogP) is 5.03. The van der Waals surface area contributed by atoms with Crippen molar-refractivity contribution in [3.63, 3.8) is 0 Å². The number of nitrogens with one attached hydrogen (secondary N) is 1. The van der Waals surface area contributed by atoms with E-state index in [2.05, 4.69) is 5.32 Å². The Hall–Kier alpha value is -0.770. The highest BCUT2D eigenvalue weighted by molar-refractivity contribution is 6.33. The lowest BCUT2D eigenvalue weighted by Crippen LogP contribution is -2.24. The number of aliphatic hydroxyl groups excluding tert-OH is 1. The molecule has 2 aromatic carbocycles. The maximum atomic E-state index is 10.2. The van der Waals surface area contributed by atoms with Crippen molar-refractivity contribution in [3.05, 3.63) is 68.7 Å². The van der Waals surface area contributed by atoms with E-state index in [-0.39, 0.29) is 6.04 Å². The van der Waals surface area contributed by atoms with Gasteiger partial charge in [-0.15, -0.1) is 0 Å². The van der Waals surface area contributed by atoms with E-state index in [1.165, 1.54) is 0 Å². The molecule has 0 spiro atoms. The van der Waals surface area contributed by atoms with Crippen molar-refractivity contribution >= 4 is 34.8 Å². The van der Waals surface area contributed by atoms with Crippen LogP contribution in [-0.4, -0.2) is 11.7 Å². The summed E-state index contributed by atoms with van der Waals surface area (Å²) in [6.07, 6.45) is -0.724. The van der Waals surface area contributed by atoms with Gasteiger partial charge < -0.3 is 10.4 Å². The number of rotatable bonds is 5. The molecule has 2 unspecified atom stereocenters. The molecule has 0 aliphatic heterocycles. The summed E-state index contributed by atoms with van der Waals surface area (Å²) < 4.78 is 0. The van der Waals surface area contributed by atoms with E-state index in [0.29, 0.717) is 27.2 Å². The lowest BCUT2D eigenvalue weighted by atomic mass is 10.1. The molecule has 2 rings (SSSR count). The van der Waals surface area contributed by atoms with Gasteiger partial charge in [-0.05, 0) is 42.8 Å². The first-order valence-corrected chi connectivity index (χ1v) is 7.72. The maximum Gasteiger partial charge on any atom is 0.0929 e. The zero-order valence-electron chi connectivity index (χ0n) is 11.5. The Balaban J connectivity index is 2.00. The zero-order chi connectivity index (χ0) is 15.4. The molecule has 0 aromatic heterocycles. The summed E-state index contributed by atoms with van der Waals surface area (Å²) in [5, 5.41) is 15.3. The average Bonchev–Trinajstić information content (AvgIpc) is 2.47. The average molecular weight is 345 g/mol. The van der Waals surface area contributed by atoms with Gasteiger partial charge in [0, 0.05) is 33.2 Å². The van der Waals surface area contributed by atoms with Gasteiger partial charge in [0.25, 0.3) is 0 Å². The summed E-state index contributed by atoms with van der Waals surface area (Å²) in [7, 11) is 0. The highest BCUT2D eigenvalue weighted by Gasteiger charge is 2.14. The Morgan fingerprint density at radius 2 is 1.76 bits per heavy atom. The minimum atomic E-state index is -0.724. The Morgan fingerprint density at radius 1 is 1.05 bits per heavy atom. The van der Waals surface area contributed by atoms with Crippen molar-refractivity contribution in [2.24, 2.45) is 0 Å². The second-order valence-electron chi connectivity index (χ2n) is 4.87. The Kier molecular flexibility index (Phi) is 5.91.